The van der Waals surface area contributed by atoms with Crippen molar-refractivity contribution in [2.45, 2.75) is 20.3 Å². The molecule has 0 unspecified atom stereocenters. The number of nitrogens with zero attached hydrogens (tertiary/aromatic N) is 4. The second-order valence-corrected chi connectivity index (χ2v) is 6.59. The number of H-pyrrole nitrogens is 1. The number of nitrogens with one attached hydrogen (secondary N) is 1. The second-order valence-electron chi connectivity index (χ2n) is 6.59. The maximum absolute atomic E-state index is 12.9. The highest BCUT2D eigenvalue weighted by Gasteiger charge is 2.17. The Morgan fingerprint density at radius 3 is 2.89 bits per heavy atom. The second kappa shape index (κ2) is 7.15. The summed E-state index contributed by atoms with van der Waals surface area (Å²) in [6.45, 7) is 5.22. The van der Waals surface area contributed by atoms with Gasteiger partial charge in [0.2, 0.25) is 0 Å². The van der Waals surface area contributed by atoms with Crippen LogP contribution in [0.15, 0.2) is 48.7 Å². The molecule has 0 atom stereocenters. The molecule has 3 heterocycles. The van der Waals surface area contributed by atoms with E-state index >= 15 is 0 Å². The number of hydrogen-bond acceptors (Lipinski definition) is 4. The number of carbonyl (C=O) groups is 1. The lowest BCUT2D eigenvalue weighted by atomic mass is 10.2. The third-order valence-electron chi connectivity index (χ3n) is 4.66. The largest absolute Gasteiger partial charge is 0.342 e. The van der Waals surface area contributed by atoms with Crippen molar-refractivity contribution in [1.29, 1.82) is 0 Å². The standard InChI is InChI=1S/C21H21N5O/c1-3-26(12-10-19-23-16-8-6-14(2)13-18(16)24-19)21(27)17-9-7-15-5-4-11-22-20(15)25-17/h4-9,11,13H,3,10,12H2,1-2H3,(H,23,24). The van der Waals surface area contributed by atoms with E-state index in [9.17, 15) is 4.79 Å². The highest BCUT2D eigenvalue weighted by Crippen LogP contribution is 2.15. The van der Waals surface area contributed by atoms with Crippen molar-refractivity contribution < 1.29 is 4.79 Å². The fourth-order valence-electron chi connectivity index (χ4n) is 3.17. The molecule has 0 saturated carbocycles. The number of imidazole rings is 1. The molecule has 1 aromatic carbocycles. The number of fused-ring (bicyclic) bond motifs is 2. The Morgan fingerprint density at radius 1 is 1.15 bits per heavy atom. The van der Waals surface area contributed by atoms with Gasteiger partial charge in [0.15, 0.2) is 5.65 Å². The molecule has 0 aliphatic rings. The number of amides is 1. The van der Waals surface area contributed by atoms with Crippen molar-refractivity contribution in [3.05, 3.63) is 65.7 Å². The third-order valence-corrected chi connectivity index (χ3v) is 4.66. The Morgan fingerprint density at radius 2 is 2.04 bits per heavy atom. The van der Waals surface area contributed by atoms with Gasteiger partial charge in [-0.05, 0) is 55.8 Å². The van der Waals surface area contributed by atoms with Crippen LogP contribution in [0.4, 0.5) is 0 Å². The number of pyridine rings is 2. The van der Waals surface area contributed by atoms with Crippen molar-refractivity contribution in [2.75, 3.05) is 13.1 Å². The van der Waals surface area contributed by atoms with Crippen molar-refractivity contribution in [2.24, 2.45) is 0 Å². The molecule has 0 saturated heterocycles. The van der Waals surface area contributed by atoms with E-state index in [4.69, 9.17) is 0 Å². The number of hydrogen-bond donors (Lipinski definition) is 1. The monoisotopic (exact) mass is 359 g/mol. The third kappa shape index (κ3) is 3.51. The van der Waals surface area contributed by atoms with Crippen LogP contribution in [-0.2, 0) is 6.42 Å². The maximum Gasteiger partial charge on any atom is 0.272 e. The van der Waals surface area contributed by atoms with Gasteiger partial charge in [0, 0.05) is 31.1 Å². The van der Waals surface area contributed by atoms with Gasteiger partial charge in [-0.15, -0.1) is 0 Å². The van der Waals surface area contributed by atoms with Crippen molar-refractivity contribution >= 4 is 28.0 Å². The van der Waals surface area contributed by atoms with Crippen LogP contribution in [0.1, 0.15) is 28.8 Å². The summed E-state index contributed by atoms with van der Waals surface area (Å²) in [6, 6.07) is 13.6. The van der Waals surface area contributed by atoms with E-state index in [2.05, 4.69) is 32.9 Å². The van der Waals surface area contributed by atoms with E-state index in [1.807, 2.05) is 37.3 Å². The quantitative estimate of drug-likeness (QED) is 0.592. The molecule has 6 nitrogen and oxygen atoms in total. The van der Waals surface area contributed by atoms with Gasteiger partial charge in [-0.3, -0.25) is 4.79 Å². The van der Waals surface area contributed by atoms with Gasteiger partial charge in [-0.25, -0.2) is 15.0 Å². The molecule has 0 bridgehead atoms. The van der Waals surface area contributed by atoms with Crippen LogP contribution in [0.25, 0.3) is 22.1 Å². The molecule has 0 radical (unpaired) electrons. The average molecular weight is 359 g/mol. The number of carbonyl (C=O) groups excluding carboxylic acids is 1. The summed E-state index contributed by atoms with van der Waals surface area (Å²) in [6.07, 6.45) is 2.35. The number of aryl methyl sites for hydroxylation is 1. The number of benzene rings is 1. The van der Waals surface area contributed by atoms with Crippen LogP contribution in [0.2, 0.25) is 0 Å². The molecule has 0 spiro atoms. The van der Waals surface area contributed by atoms with Gasteiger partial charge in [0.05, 0.1) is 11.0 Å². The maximum atomic E-state index is 12.9. The lowest BCUT2D eigenvalue weighted by Crippen LogP contribution is -2.33. The summed E-state index contributed by atoms with van der Waals surface area (Å²) in [7, 11) is 0. The molecule has 3 aromatic heterocycles. The Bertz CT molecular complexity index is 1120. The average Bonchev–Trinajstić information content (AvgIpc) is 3.09. The Hall–Kier alpha value is -3.28. The Kier molecular flexibility index (Phi) is 4.54. The van der Waals surface area contributed by atoms with Gasteiger partial charge in [-0.2, -0.15) is 0 Å². The summed E-state index contributed by atoms with van der Waals surface area (Å²) in [5.74, 6) is 0.798. The first-order valence-corrected chi connectivity index (χ1v) is 9.10. The zero-order valence-corrected chi connectivity index (χ0v) is 15.4. The smallest absolute Gasteiger partial charge is 0.272 e. The number of aromatic amines is 1. The lowest BCUT2D eigenvalue weighted by Gasteiger charge is -2.20. The van der Waals surface area contributed by atoms with E-state index in [0.717, 1.165) is 22.2 Å². The van der Waals surface area contributed by atoms with Gasteiger partial charge < -0.3 is 9.88 Å². The number of aromatic nitrogens is 4. The van der Waals surface area contributed by atoms with Crippen molar-refractivity contribution in [1.82, 2.24) is 24.8 Å². The number of likely N-dealkylation sites (N-methyl/N-ethyl adjacent to an activating group) is 1. The topological polar surface area (TPSA) is 74.8 Å². The molecule has 136 valence electrons. The van der Waals surface area contributed by atoms with E-state index in [0.29, 0.717) is 30.9 Å². The SMILES string of the molecule is CCN(CCc1nc2ccc(C)cc2[nH]1)C(=O)c1ccc2cccnc2n1. The van der Waals surface area contributed by atoms with Crippen LogP contribution in [-0.4, -0.2) is 43.8 Å². The minimum Gasteiger partial charge on any atom is -0.342 e. The van der Waals surface area contributed by atoms with Crippen molar-refractivity contribution in [3.63, 3.8) is 0 Å². The first kappa shape index (κ1) is 17.1. The lowest BCUT2D eigenvalue weighted by molar-refractivity contribution is 0.0760. The molecule has 0 aliphatic carbocycles. The summed E-state index contributed by atoms with van der Waals surface area (Å²) in [5, 5.41) is 0.926. The van der Waals surface area contributed by atoms with Crippen LogP contribution < -0.4 is 0 Å². The highest BCUT2D eigenvalue weighted by atomic mass is 16.2. The fraction of sp³-hybridized carbons (Fsp3) is 0.238. The van der Waals surface area contributed by atoms with Crippen molar-refractivity contribution in [3.8, 4) is 0 Å². The van der Waals surface area contributed by atoms with E-state index in [1.165, 1.54) is 5.56 Å². The van der Waals surface area contributed by atoms with Gasteiger partial charge >= 0.3 is 0 Å². The molecular formula is C21H21N5O. The first-order chi connectivity index (χ1) is 13.1. The van der Waals surface area contributed by atoms with Crippen LogP contribution in [0.3, 0.4) is 0 Å². The summed E-state index contributed by atoms with van der Waals surface area (Å²) in [5.41, 5.74) is 4.18. The normalized spacial score (nSPS) is 11.2. The predicted molar refractivity (Wildman–Crippen MR) is 106 cm³/mol. The molecule has 4 aromatic rings. The summed E-state index contributed by atoms with van der Waals surface area (Å²) >= 11 is 0. The first-order valence-electron chi connectivity index (χ1n) is 9.10. The molecule has 1 N–H and O–H groups in total. The molecular weight excluding hydrogens is 338 g/mol. The van der Waals surface area contributed by atoms with Crippen LogP contribution in [0, 0.1) is 6.92 Å². The molecule has 0 aliphatic heterocycles. The molecule has 27 heavy (non-hydrogen) atoms. The molecule has 6 heteroatoms. The number of rotatable bonds is 5. The summed E-state index contributed by atoms with van der Waals surface area (Å²) < 4.78 is 0. The molecule has 1 amide bonds. The zero-order chi connectivity index (χ0) is 18.8. The predicted octanol–water partition coefficient (Wildman–Crippen LogP) is 3.52. The van der Waals surface area contributed by atoms with Crippen LogP contribution >= 0.6 is 0 Å². The fourth-order valence-corrected chi connectivity index (χ4v) is 3.17. The van der Waals surface area contributed by atoms with Gasteiger partial charge in [0.25, 0.3) is 5.91 Å². The zero-order valence-electron chi connectivity index (χ0n) is 15.4. The van der Waals surface area contributed by atoms with Crippen LogP contribution in [0.5, 0.6) is 0 Å². The molecule has 0 fully saturated rings. The minimum atomic E-state index is -0.0861. The van der Waals surface area contributed by atoms with E-state index < -0.39 is 0 Å². The summed E-state index contributed by atoms with van der Waals surface area (Å²) in [4.78, 5) is 31.3. The van der Waals surface area contributed by atoms with Gasteiger partial charge in [0.1, 0.15) is 11.5 Å². The van der Waals surface area contributed by atoms with E-state index in [1.54, 1.807) is 17.2 Å². The Labute approximate surface area is 157 Å². The minimum absolute atomic E-state index is 0.0861. The highest BCUT2D eigenvalue weighted by molar-refractivity contribution is 5.94. The van der Waals surface area contributed by atoms with E-state index in [-0.39, 0.29) is 5.91 Å². The molecule has 4 rings (SSSR count). The Balaban J connectivity index is 1.50. The van der Waals surface area contributed by atoms with Gasteiger partial charge in [-0.1, -0.05) is 6.07 Å².